The molecular formula is C31H42N2O5S. The number of nitrogens with zero attached hydrogens (tertiary/aromatic N) is 2. The van der Waals surface area contributed by atoms with Crippen LogP contribution in [0.15, 0.2) is 43.5 Å². The number of anilines is 1. The summed E-state index contributed by atoms with van der Waals surface area (Å²) >= 11 is 1.66. The maximum Gasteiger partial charge on any atom is 0.311 e. The summed E-state index contributed by atoms with van der Waals surface area (Å²) in [6, 6.07) is 5.35. The van der Waals surface area contributed by atoms with Crippen molar-refractivity contribution < 1.29 is 24.2 Å². The summed E-state index contributed by atoms with van der Waals surface area (Å²) in [7, 11) is 0. The average molecular weight is 555 g/mol. The topological polar surface area (TPSA) is 87.1 Å². The molecule has 7 nitrogen and oxygen atoms in total. The van der Waals surface area contributed by atoms with Crippen molar-refractivity contribution in [2.45, 2.75) is 74.8 Å². The molecule has 0 radical (unpaired) electrons. The number of aliphatic hydroxyl groups excluding tert-OH is 1. The first kappa shape index (κ1) is 29.4. The van der Waals surface area contributed by atoms with Crippen molar-refractivity contribution >= 4 is 35.2 Å². The van der Waals surface area contributed by atoms with Crippen molar-refractivity contribution in [1.82, 2.24) is 4.90 Å². The summed E-state index contributed by atoms with van der Waals surface area (Å²) in [6.45, 7) is 14.7. The van der Waals surface area contributed by atoms with Gasteiger partial charge in [-0.15, -0.1) is 24.9 Å². The van der Waals surface area contributed by atoms with E-state index in [4.69, 9.17) is 4.74 Å². The van der Waals surface area contributed by atoms with Crippen molar-refractivity contribution in [3.05, 3.63) is 54.6 Å². The van der Waals surface area contributed by atoms with E-state index in [1.807, 2.05) is 32.0 Å². The normalized spacial score (nSPS) is 28.9. The number of carbonyl (C=O) groups is 3. The minimum absolute atomic E-state index is 0.0927. The highest BCUT2D eigenvalue weighted by molar-refractivity contribution is 8.02. The molecule has 0 aromatic heterocycles. The molecule has 4 rings (SSSR count). The van der Waals surface area contributed by atoms with Crippen LogP contribution in [0, 0.1) is 25.7 Å². The molecule has 3 heterocycles. The van der Waals surface area contributed by atoms with Gasteiger partial charge in [0.15, 0.2) is 0 Å². The molecule has 1 N–H and O–H groups in total. The lowest BCUT2D eigenvalue weighted by Gasteiger charge is -2.37. The molecule has 212 valence electrons. The number of fused-ring (bicyclic) bond motifs is 1. The average Bonchev–Trinajstić information content (AvgIpc) is 3.47. The zero-order valence-corrected chi connectivity index (χ0v) is 24.3. The number of esters is 1. The Hall–Kier alpha value is -2.58. The number of unbranched alkanes of at least 4 members (excludes halogenated alkanes) is 2. The molecule has 0 saturated carbocycles. The van der Waals surface area contributed by atoms with Crippen LogP contribution in [0.25, 0.3) is 0 Å². The largest absolute Gasteiger partial charge is 0.465 e. The van der Waals surface area contributed by atoms with E-state index in [1.165, 1.54) is 0 Å². The number of carbonyl (C=O) groups excluding carboxylic acids is 3. The maximum absolute atomic E-state index is 14.7. The monoisotopic (exact) mass is 554 g/mol. The third-order valence-corrected chi connectivity index (χ3v) is 10.6. The first-order valence-electron chi connectivity index (χ1n) is 14.0. The number of hydrogen-bond donors (Lipinski definition) is 1. The van der Waals surface area contributed by atoms with E-state index in [0.29, 0.717) is 38.8 Å². The fraction of sp³-hybridized carbons (Fsp3) is 0.581. The van der Waals surface area contributed by atoms with Gasteiger partial charge >= 0.3 is 5.97 Å². The third-order valence-electron chi connectivity index (χ3n) is 8.62. The quantitative estimate of drug-likeness (QED) is 0.218. The Balaban J connectivity index is 1.76. The van der Waals surface area contributed by atoms with E-state index in [-0.39, 0.29) is 31.0 Å². The van der Waals surface area contributed by atoms with Gasteiger partial charge in [0, 0.05) is 30.1 Å². The number of aryl methyl sites for hydroxylation is 2. The molecule has 3 saturated heterocycles. The molecule has 3 aliphatic heterocycles. The number of amides is 2. The molecule has 1 aromatic rings. The van der Waals surface area contributed by atoms with Gasteiger partial charge in [-0.2, -0.15) is 0 Å². The summed E-state index contributed by atoms with van der Waals surface area (Å²) in [5.74, 6) is -1.80. The zero-order valence-electron chi connectivity index (χ0n) is 23.5. The Bertz CT molecular complexity index is 1140. The Labute approximate surface area is 236 Å². The number of benzene rings is 1. The van der Waals surface area contributed by atoms with E-state index in [0.717, 1.165) is 29.7 Å². The van der Waals surface area contributed by atoms with Gasteiger partial charge in [0.25, 0.3) is 5.91 Å². The molecule has 39 heavy (non-hydrogen) atoms. The van der Waals surface area contributed by atoms with Crippen LogP contribution in [0.4, 0.5) is 5.69 Å². The first-order chi connectivity index (χ1) is 18.6. The number of hydrogen-bond acceptors (Lipinski definition) is 6. The highest BCUT2D eigenvalue weighted by Crippen LogP contribution is 2.71. The molecule has 0 aliphatic carbocycles. The smallest absolute Gasteiger partial charge is 0.311 e. The van der Waals surface area contributed by atoms with Crippen LogP contribution in [0.2, 0.25) is 0 Å². The molecule has 2 bridgehead atoms. The molecule has 2 unspecified atom stereocenters. The lowest BCUT2D eigenvalue weighted by Crippen LogP contribution is -2.55. The van der Waals surface area contributed by atoms with Crippen LogP contribution in [0.1, 0.15) is 56.6 Å². The third kappa shape index (κ3) is 5.18. The number of likely N-dealkylation sites (tertiary alicyclic amines) is 1. The fourth-order valence-corrected chi connectivity index (χ4v) is 9.14. The van der Waals surface area contributed by atoms with Gasteiger partial charge in [-0.25, -0.2) is 0 Å². The van der Waals surface area contributed by atoms with E-state index < -0.39 is 27.4 Å². The molecule has 1 aromatic carbocycles. The van der Waals surface area contributed by atoms with Crippen LogP contribution < -0.4 is 4.90 Å². The van der Waals surface area contributed by atoms with E-state index in [2.05, 4.69) is 20.1 Å². The molecule has 8 heteroatoms. The van der Waals surface area contributed by atoms with Crippen molar-refractivity contribution in [3.8, 4) is 0 Å². The summed E-state index contributed by atoms with van der Waals surface area (Å²) < 4.78 is 4.48. The minimum Gasteiger partial charge on any atom is -0.465 e. The molecule has 1 spiro atoms. The lowest BCUT2D eigenvalue weighted by atomic mass is 9.66. The molecule has 3 fully saturated rings. The minimum atomic E-state index is -0.695. The Kier molecular flexibility index (Phi) is 8.96. The van der Waals surface area contributed by atoms with Gasteiger partial charge in [0.2, 0.25) is 5.91 Å². The Morgan fingerprint density at radius 1 is 1.21 bits per heavy atom. The first-order valence-corrected chi connectivity index (χ1v) is 14.9. The van der Waals surface area contributed by atoms with Crippen molar-refractivity contribution in [2.75, 3.05) is 31.2 Å². The molecule has 5 atom stereocenters. The standard InChI is InChI=1S/C31H42N2O5S/c1-6-8-19-38-29(37)25-24-27(35)33(17-10-9-11-18-34)26(31(24)15-14-30(25,5)39-31)28(36)32(16-7-2)23-20-21(3)12-13-22(23)4/h6-7,12-13,20,24-26,34H,1-2,8-11,14-19H2,3-5H3/t24-,25+,26?,30-,31?/m0/s1. The van der Waals surface area contributed by atoms with E-state index in [1.54, 1.807) is 33.7 Å². The SMILES string of the molecule is C=CCCOC(=O)[C@H]1[C@H]2C(=O)N(CCCCCO)C(C(=O)N(CC=C)c3cc(C)ccc3C)C23CC[C@]1(C)S3. The zero-order chi connectivity index (χ0) is 28.4. The summed E-state index contributed by atoms with van der Waals surface area (Å²) in [5.41, 5.74) is 2.84. The number of aliphatic hydroxyl groups is 1. The van der Waals surface area contributed by atoms with Gasteiger partial charge in [-0.3, -0.25) is 14.4 Å². The van der Waals surface area contributed by atoms with Gasteiger partial charge in [0.05, 0.1) is 23.2 Å². The number of rotatable bonds is 13. The van der Waals surface area contributed by atoms with Crippen molar-refractivity contribution in [1.29, 1.82) is 0 Å². The molecule has 3 aliphatic rings. The Morgan fingerprint density at radius 3 is 2.67 bits per heavy atom. The van der Waals surface area contributed by atoms with Crippen LogP contribution >= 0.6 is 11.8 Å². The van der Waals surface area contributed by atoms with Gasteiger partial charge in [-0.1, -0.05) is 24.3 Å². The second kappa shape index (κ2) is 11.9. The van der Waals surface area contributed by atoms with Crippen LogP contribution in [0.5, 0.6) is 0 Å². The van der Waals surface area contributed by atoms with Gasteiger partial charge in [0.1, 0.15) is 6.04 Å². The molecule has 2 amide bonds. The van der Waals surface area contributed by atoms with Gasteiger partial charge in [-0.05, 0) is 76.5 Å². The maximum atomic E-state index is 14.7. The lowest BCUT2D eigenvalue weighted by molar-refractivity contribution is -0.155. The highest BCUT2D eigenvalue weighted by Gasteiger charge is 2.77. The van der Waals surface area contributed by atoms with E-state index >= 15 is 0 Å². The van der Waals surface area contributed by atoms with Crippen LogP contribution in [0.3, 0.4) is 0 Å². The predicted molar refractivity (Wildman–Crippen MR) is 156 cm³/mol. The highest BCUT2D eigenvalue weighted by atomic mass is 32.2. The van der Waals surface area contributed by atoms with Crippen LogP contribution in [-0.2, 0) is 19.1 Å². The fourth-order valence-electron chi connectivity index (χ4n) is 6.80. The summed E-state index contributed by atoms with van der Waals surface area (Å²) in [4.78, 5) is 45.8. The van der Waals surface area contributed by atoms with Crippen molar-refractivity contribution in [3.63, 3.8) is 0 Å². The second-order valence-corrected chi connectivity index (χ2v) is 13.2. The number of thioether (sulfide) groups is 1. The summed E-state index contributed by atoms with van der Waals surface area (Å²) in [5, 5.41) is 9.27. The second-order valence-electron chi connectivity index (χ2n) is 11.3. The number of ether oxygens (including phenoxy) is 1. The summed E-state index contributed by atoms with van der Waals surface area (Å²) in [6.07, 6.45) is 7.50. The molecular weight excluding hydrogens is 512 g/mol. The van der Waals surface area contributed by atoms with Crippen molar-refractivity contribution in [2.24, 2.45) is 11.8 Å². The van der Waals surface area contributed by atoms with Crippen LogP contribution in [-0.4, -0.2) is 69.6 Å². The Morgan fingerprint density at radius 2 is 1.97 bits per heavy atom. The van der Waals surface area contributed by atoms with E-state index in [9.17, 15) is 19.5 Å². The van der Waals surface area contributed by atoms with Gasteiger partial charge < -0.3 is 19.6 Å². The predicted octanol–water partition coefficient (Wildman–Crippen LogP) is 4.59.